The summed E-state index contributed by atoms with van der Waals surface area (Å²) in [6, 6.07) is 21.3. The maximum Gasteiger partial charge on any atom is 0.102 e. The number of aromatic nitrogens is 3. The monoisotopic (exact) mass is 373 g/mol. The van der Waals surface area contributed by atoms with E-state index in [0.29, 0.717) is 5.02 Å². The van der Waals surface area contributed by atoms with E-state index in [1.54, 1.807) is 18.6 Å². The first kappa shape index (κ1) is 17.0. The van der Waals surface area contributed by atoms with Gasteiger partial charge in [-0.1, -0.05) is 41.9 Å². The number of rotatable bonds is 5. The fourth-order valence-electron chi connectivity index (χ4n) is 2.65. The number of nitrogens with zero attached hydrogens (tertiary/aromatic N) is 4. The summed E-state index contributed by atoms with van der Waals surface area (Å²) in [6.07, 6.45) is 7.19. The van der Waals surface area contributed by atoms with Crippen molar-refractivity contribution in [2.45, 2.75) is 0 Å². The molecule has 0 spiro atoms. The molecule has 0 saturated heterocycles. The van der Waals surface area contributed by atoms with E-state index < -0.39 is 0 Å². The molecule has 0 aliphatic rings. The Labute approximate surface area is 162 Å². The Bertz CT molecular complexity index is 1060. The summed E-state index contributed by atoms with van der Waals surface area (Å²) in [7, 11) is 0. The van der Waals surface area contributed by atoms with Crippen molar-refractivity contribution in [1.29, 1.82) is 0 Å². The summed E-state index contributed by atoms with van der Waals surface area (Å²) >= 11 is 6.16. The maximum absolute atomic E-state index is 6.16. The van der Waals surface area contributed by atoms with Crippen LogP contribution in [0.25, 0.3) is 16.9 Å². The Hall–Kier alpha value is -3.44. The highest BCUT2D eigenvalue weighted by atomic mass is 35.5. The van der Waals surface area contributed by atoms with Gasteiger partial charge in [0.15, 0.2) is 0 Å². The minimum Gasteiger partial charge on any atom is -0.277 e. The van der Waals surface area contributed by atoms with Crippen molar-refractivity contribution in [3.05, 3.63) is 95.9 Å². The van der Waals surface area contributed by atoms with Gasteiger partial charge in [0.25, 0.3) is 0 Å². The van der Waals surface area contributed by atoms with Gasteiger partial charge in [0.2, 0.25) is 0 Å². The molecule has 4 aromatic rings. The van der Waals surface area contributed by atoms with Crippen LogP contribution >= 0.6 is 11.6 Å². The normalized spacial score (nSPS) is 11.0. The molecule has 2 aromatic heterocycles. The topological polar surface area (TPSA) is 55.1 Å². The van der Waals surface area contributed by atoms with E-state index >= 15 is 0 Å². The Balaban J connectivity index is 1.69. The molecule has 0 bridgehead atoms. The Morgan fingerprint density at radius 1 is 0.926 bits per heavy atom. The number of benzene rings is 2. The Morgan fingerprint density at radius 3 is 2.44 bits per heavy atom. The van der Waals surface area contributed by atoms with Crippen molar-refractivity contribution >= 4 is 23.5 Å². The average molecular weight is 374 g/mol. The minimum absolute atomic E-state index is 0.615. The molecule has 27 heavy (non-hydrogen) atoms. The van der Waals surface area contributed by atoms with Crippen molar-refractivity contribution in [1.82, 2.24) is 14.8 Å². The summed E-state index contributed by atoms with van der Waals surface area (Å²) < 4.78 is 1.84. The number of hydrogen-bond donors (Lipinski definition) is 1. The smallest absolute Gasteiger partial charge is 0.102 e. The lowest BCUT2D eigenvalue weighted by Gasteiger charge is -2.02. The van der Waals surface area contributed by atoms with Crippen LogP contribution in [0.5, 0.6) is 0 Å². The molecule has 0 aliphatic heterocycles. The molecule has 0 saturated carbocycles. The lowest BCUT2D eigenvalue weighted by atomic mass is 10.1. The predicted octanol–water partition coefficient (Wildman–Crippen LogP) is 5.03. The highest BCUT2D eigenvalue weighted by molar-refractivity contribution is 6.33. The van der Waals surface area contributed by atoms with Crippen LogP contribution in [0.1, 0.15) is 5.56 Å². The second-order valence-electron chi connectivity index (χ2n) is 5.80. The van der Waals surface area contributed by atoms with Crippen molar-refractivity contribution in [3.8, 4) is 16.9 Å². The number of hydrogen-bond acceptors (Lipinski definition) is 4. The third kappa shape index (κ3) is 3.88. The van der Waals surface area contributed by atoms with Gasteiger partial charge in [-0.25, -0.2) is 4.68 Å². The predicted molar refractivity (Wildman–Crippen MR) is 109 cm³/mol. The summed E-state index contributed by atoms with van der Waals surface area (Å²) in [4.78, 5) is 4.08. The summed E-state index contributed by atoms with van der Waals surface area (Å²) in [5.41, 5.74) is 7.38. The lowest BCUT2D eigenvalue weighted by Crippen LogP contribution is -1.93. The minimum atomic E-state index is 0.615. The number of hydrazone groups is 1. The van der Waals surface area contributed by atoms with Crippen molar-refractivity contribution < 1.29 is 0 Å². The molecule has 5 nitrogen and oxygen atoms in total. The molecule has 2 aromatic carbocycles. The zero-order valence-electron chi connectivity index (χ0n) is 14.3. The van der Waals surface area contributed by atoms with Gasteiger partial charge in [-0.2, -0.15) is 10.2 Å². The molecule has 0 aliphatic carbocycles. The molecule has 1 N–H and O–H groups in total. The largest absolute Gasteiger partial charge is 0.277 e. The average Bonchev–Trinajstić information content (AvgIpc) is 3.15. The van der Waals surface area contributed by atoms with Gasteiger partial charge < -0.3 is 0 Å². The van der Waals surface area contributed by atoms with Crippen LogP contribution in [0.4, 0.5) is 5.69 Å². The molecule has 0 radical (unpaired) electrons. The summed E-state index contributed by atoms with van der Waals surface area (Å²) in [5, 5.41) is 9.69. The molecular formula is C21H16ClN5. The van der Waals surface area contributed by atoms with Gasteiger partial charge in [-0.05, 0) is 36.4 Å². The third-order valence-corrected chi connectivity index (χ3v) is 4.31. The van der Waals surface area contributed by atoms with E-state index in [1.165, 1.54) is 0 Å². The first-order chi connectivity index (χ1) is 13.3. The van der Waals surface area contributed by atoms with E-state index in [-0.39, 0.29) is 0 Å². The van der Waals surface area contributed by atoms with Crippen molar-refractivity contribution in [3.63, 3.8) is 0 Å². The lowest BCUT2D eigenvalue weighted by molar-refractivity contribution is 0.884. The summed E-state index contributed by atoms with van der Waals surface area (Å²) in [6.45, 7) is 0. The van der Waals surface area contributed by atoms with Gasteiger partial charge in [-0.15, -0.1) is 0 Å². The number of para-hydroxylation sites is 2. The van der Waals surface area contributed by atoms with E-state index in [4.69, 9.17) is 16.7 Å². The Morgan fingerprint density at radius 2 is 1.67 bits per heavy atom. The number of nitrogens with one attached hydrogen (secondary N) is 1. The van der Waals surface area contributed by atoms with E-state index in [9.17, 15) is 0 Å². The van der Waals surface area contributed by atoms with E-state index in [1.807, 2.05) is 77.6 Å². The second-order valence-corrected chi connectivity index (χ2v) is 6.21. The van der Waals surface area contributed by atoms with Gasteiger partial charge >= 0.3 is 0 Å². The zero-order chi connectivity index (χ0) is 18.5. The van der Waals surface area contributed by atoms with Crippen LogP contribution < -0.4 is 5.43 Å². The number of pyridine rings is 1. The van der Waals surface area contributed by atoms with Gasteiger partial charge in [0, 0.05) is 29.7 Å². The molecule has 132 valence electrons. The molecular weight excluding hydrogens is 358 g/mol. The molecule has 6 heteroatoms. The number of halogens is 1. The first-order valence-electron chi connectivity index (χ1n) is 8.40. The zero-order valence-corrected chi connectivity index (χ0v) is 15.1. The van der Waals surface area contributed by atoms with Crippen LogP contribution in [0, 0.1) is 0 Å². The second kappa shape index (κ2) is 7.85. The van der Waals surface area contributed by atoms with Gasteiger partial charge in [-0.3, -0.25) is 10.4 Å². The molecule has 0 amide bonds. The Kier molecular flexibility index (Phi) is 4.94. The van der Waals surface area contributed by atoms with Crippen LogP contribution in [-0.4, -0.2) is 21.0 Å². The maximum atomic E-state index is 6.16. The van der Waals surface area contributed by atoms with E-state index in [2.05, 4.69) is 15.5 Å². The van der Waals surface area contributed by atoms with Crippen LogP contribution in [0.2, 0.25) is 5.02 Å². The molecule has 2 heterocycles. The quantitative estimate of drug-likeness (QED) is 0.394. The van der Waals surface area contributed by atoms with Crippen molar-refractivity contribution in [2.24, 2.45) is 5.10 Å². The molecule has 0 fully saturated rings. The highest BCUT2D eigenvalue weighted by Crippen LogP contribution is 2.23. The fourth-order valence-corrected chi connectivity index (χ4v) is 2.83. The van der Waals surface area contributed by atoms with Gasteiger partial charge in [0.1, 0.15) is 5.69 Å². The molecule has 0 unspecified atom stereocenters. The first-order valence-corrected chi connectivity index (χ1v) is 8.78. The van der Waals surface area contributed by atoms with Crippen LogP contribution in [0.15, 0.2) is 90.4 Å². The SMILES string of the molecule is Clc1ccccc1N/N=C\c1cn(-c2ccccc2)nc1-c1ccncc1. The van der Waals surface area contributed by atoms with Gasteiger partial charge in [0.05, 0.1) is 22.6 Å². The summed E-state index contributed by atoms with van der Waals surface area (Å²) in [5.74, 6) is 0. The highest BCUT2D eigenvalue weighted by Gasteiger charge is 2.11. The number of anilines is 1. The fraction of sp³-hybridized carbons (Fsp3) is 0. The molecule has 0 atom stereocenters. The molecule has 4 rings (SSSR count). The van der Waals surface area contributed by atoms with Crippen LogP contribution in [-0.2, 0) is 0 Å². The van der Waals surface area contributed by atoms with Crippen LogP contribution in [0.3, 0.4) is 0 Å². The third-order valence-electron chi connectivity index (χ3n) is 3.98. The van der Waals surface area contributed by atoms with E-state index in [0.717, 1.165) is 28.2 Å². The standard InChI is InChI=1S/C21H16ClN5/c22-19-8-4-5-9-20(19)25-24-14-17-15-27(18-6-2-1-3-7-18)26-21(17)16-10-12-23-13-11-16/h1-15,25H/b24-14-. The van der Waals surface area contributed by atoms with Crippen molar-refractivity contribution in [2.75, 3.05) is 5.43 Å².